The molecule has 5 rings (SSSR count). The van der Waals surface area contributed by atoms with Crippen LogP contribution in [-0.4, -0.2) is 41.2 Å². The fraction of sp³-hybridized carbons (Fsp3) is 0.172. The molecule has 0 unspecified atom stereocenters. The monoisotopic (exact) mass is 619 g/mol. The van der Waals surface area contributed by atoms with Crippen LogP contribution >= 0.6 is 0 Å². The van der Waals surface area contributed by atoms with Gasteiger partial charge in [0.15, 0.2) is 38.9 Å². The van der Waals surface area contributed by atoms with Crippen molar-refractivity contribution in [3.63, 3.8) is 0 Å². The number of aromatic nitrogens is 3. The molecule has 0 fully saturated rings. The number of alkyl halides is 2. The van der Waals surface area contributed by atoms with Crippen molar-refractivity contribution >= 4 is 9.84 Å². The molecular weight excluding hydrogens is 597 g/mol. The summed E-state index contributed by atoms with van der Waals surface area (Å²) in [6, 6.07) is 10.2. The van der Waals surface area contributed by atoms with Gasteiger partial charge in [-0.1, -0.05) is 6.07 Å². The van der Waals surface area contributed by atoms with E-state index in [4.69, 9.17) is 4.42 Å². The summed E-state index contributed by atoms with van der Waals surface area (Å²) in [5.41, 5.74) is 1.33. The second-order valence-electron chi connectivity index (χ2n) is 9.56. The van der Waals surface area contributed by atoms with Crippen molar-refractivity contribution in [2.45, 2.75) is 32.0 Å². The number of aliphatic hydroxyl groups is 1. The maximum Gasteiger partial charge on any atom is 0.387 e. The van der Waals surface area contributed by atoms with E-state index < -0.39 is 51.2 Å². The predicted octanol–water partition coefficient (Wildman–Crippen LogP) is 6.39. The number of hydrogen-bond acceptors (Lipinski definition) is 7. The van der Waals surface area contributed by atoms with E-state index in [9.17, 15) is 35.5 Å². The molecule has 0 bridgehead atoms. The molecule has 0 saturated heterocycles. The summed E-state index contributed by atoms with van der Waals surface area (Å²) in [6.07, 6.45) is 2.54. The summed E-state index contributed by atoms with van der Waals surface area (Å²) in [4.78, 5) is 4.01. The topological polar surface area (TPSA) is 107 Å². The molecule has 43 heavy (non-hydrogen) atoms. The van der Waals surface area contributed by atoms with Gasteiger partial charge < -0.3 is 14.3 Å². The molecule has 2 heterocycles. The van der Waals surface area contributed by atoms with Gasteiger partial charge in [0.25, 0.3) is 0 Å². The first-order chi connectivity index (χ1) is 20.3. The minimum atomic E-state index is -3.94. The molecule has 0 aliphatic heterocycles. The summed E-state index contributed by atoms with van der Waals surface area (Å²) < 4.78 is 106. The maximum atomic E-state index is 15.0. The molecule has 2 aromatic heterocycles. The van der Waals surface area contributed by atoms with Crippen molar-refractivity contribution in [3.05, 3.63) is 89.3 Å². The number of aliphatic hydroxyl groups excluding tert-OH is 1. The Hall–Kier alpha value is -4.56. The number of sulfone groups is 1. The molecule has 0 aliphatic rings. The highest BCUT2D eigenvalue weighted by atomic mass is 32.2. The van der Waals surface area contributed by atoms with Crippen LogP contribution in [0.3, 0.4) is 0 Å². The minimum Gasteiger partial charge on any atom is -0.440 e. The van der Waals surface area contributed by atoms with Gasteiger partial charge in [0, 0.05) is 36.1 Å². The molecule has 5 aromatic rings. The van der Waals surface area contributed by atoms with Crippen LogP contribution in [-0.2, 0) is 16.4 Å². The van der Waals surface area contributed by atoms with Gasteiger partial charge in [0.05, 0.1) is 22.9 Å². The molecule has 0 spiro atoms. The lowest BCUT2D eigenvalue weighted by molar-refractivity contribution is -0.0546. The second kappa shape index (κ2) is 11.3. The molecule has 0 amide bonds. The molecule has 0 saturated carbocycles. The predicted molar refractivity (Wildman–Crippen MR) is 145 cm³/mol. The van der Waals surface area contributed by atoms with Gasteiger partial charge in [-0.25, -0.2) is 31.3 Å². The summed E-state index contributed by atoms with van der Waals surface area (Å²) in [6.45, 7) is -1.06. The van der Waals surface area contributed by atoms with Gasteiger partial charge in [-0.15, -0.1) is 0 Å². The smallest absolute Gasteiger partial charge is 0.387 e. The highest BCUT2D eigenvalue weighted by Crippen LogP contribution is 2.40. The standard InChI is InChI=1S/C29H22F5N3O5S/c1-14-6-7-37(36-14)24-5-4-16(17-9-21(30)20(13-38)25(12-17)43(3,39)40)8-19(24)26-27(41-15(2)35-26)18-10-22(31)28(23(32)11-18)42-29(33)34/h4-12,29,38H,13H2,1-3H3. The number of aryl methyl sites for hydroxylation is 2. The first-order valence-corrected chi connectivity index (χ1v) is 14.4. The zero-order valence-corrected chi connectivity index (χ0v) is 23.5. The van der Waals surface area contributed by atoms with Gasteiger partial charge in [-0.2, -0.15) is 13.9 Å². The number of oxazole rings is 1. The Morgan fingerprint density at radius 1 is 0.953 bits per heavy atom. The molecule has 8 nitrogen and oxygen atoms in total. The van der Waals surface area contributed by atoms with Gasteiger partial charge >= 0.3 is 6.61 Å². The van der Waals surface area contributed by atoms with E-state index in [1.165, 1.54) is 23.7 Å². The minimum absolute atomic E-state index is 0.0691. The van der Waals surface area contributed by atoms with Crippen LogP contribution in [0.1, 0.15) is 17.1 Å². The summed E-state index contributed by atoms with van der Waals surface area (Å²) >= 11 is 0. The molecule has 0 atom stereocenters. The summed E-state index contributed by atoms with van der Waals surface area (Å²) in [5, 5.41) is 14.0. The van der Waals surface area contributed by atoms with E-state index in [-0.39, 0.29) is 39.6 Å². The normalized spacial score (nSPS) is 11.9. The van der Waals surface area contributed by atoms with E-state index in [1.54, 1.807) is 31.3 Å². The van der Waals surface area contributed by atoms with E-state index >= 15 is 0 Å². The number of halogens is 5. The van der Waals surface area contributed by atoms with Crippen molar-refractivity contribution in [2.75, 3.05) is 6.26 Å². The Labute approximate surface area is 241 Å². The molecular formula is C29H22F5N3O5S. The maximum absolute atomic E-state index is 15.0. The van der Waals surface area contributed by atoms with E-state index in [1.807, 2.05) is 0 Å². The lowest BCUT2D eigenvalue weighted by Crippen LogP contribution is -2.06. The number of benzene rings is 3. The van der Waals surface area contributed by atoms with Crippen LogP contribution in [0.2, 0.25) is 0 Å². The average Bonchev–Trinajstić information content (AvgIpc) is 3.54. The fourth-order valence-corrected chi connectivity index (χ4v) is 5.57. The zero-order valence-electron chi connectivity index (χ0n) is 22.7. The third kappa shape index (κ3) is 5.88. The van der Waals surface area contributed by atoms with Crippen molar-refractivity contribution in [2.24, 2.45) is 0 Å². The van der Waals surface area contributed by atoms with E-state index in [0.717, 1.165) is 24.5 Å². The highest BCUT2D eigenvalue weighted by molar-refractivity contribution is 7.90. The largest absolute Gasteiger partial charge is 0.440 e. The number of hydrogen-bond donors (Lipinski definition) is 1. The third-order valence-electron chi connectivity index (χ3n) is 6.47. The van der Waals surface area contributed by atoms with Crippen LogP contribution in [0.15, 0.2) is 64.0 Å². The Morgan fingerprint density at radius 3 is 2.21 bits per heavy atom. The van der Waals surface area contributed by atoms with Gasteiger partial charge in [-0.05, 0) is 60.5 Å². The van der Waals surface area contributed by atoms with Crippen LogP contribution in [0.5, 0.6) is 5.75 Å². The van der Waals surface area contributed by atoms with Crippen LogP contribution in [0, 0.1) is 31.3 Å². The van der Waals surface area contributed by atoms with Gasteiger partial charge in [-0.3, -0.25) is 0 Å². The van der Waals surface area contributed by atoms with Crippen molar-refractivity contribution in [1.82, 2.24) is 14.8 Å². The fourth-order valence-electron chi connectivity index (χ4n) is 4.61. The van der Waals surface area contributed by atoms with Crippen molar-refractivity contribution in [1.29, 1.82) is 0 Å². The lowest BCUT2D eigenvalue weighted by atomic mass is 9.97. The number of rotatable bonds is 8. The second-order valence-corrected chi connectivity index (χ2v) is 11.5. The average molecular weight is 620 g/mol. The molecule has 0 aliphatic carbocycles. The number of ether oxygens (including phenoxy) is 1. The van der Waals surface area contributed by atoms with E-state index in [0.29, 0.717) is 16.9 Å². The van der Waals surface area contributed by atoms with Crippen LogP contribution < -0.4 is 4.74 Å². The van der Waals surface area contributed by atoms with Crippen molar-refractivity contribution in [3.8, 4) is 45.1 Å². The molecule has 0 radical (unpaired) electrons. The first kappa shape index (κ1) is 29.9. The van der Waals surface area contributed by atoms with Gasteiger partial charge in [0.2, 0.25) is 0 Å². The molecule has 3 aromatic carbocycles. The van der Waals surface area contributed by atoms with Crippen LogP contribution in [0.4, 0.5) is 22.0 Å². The van der Waals surface area contributed by atoms with Crippen LogP contribution in [0.25, 0.3) is 39.4 Å². The quantitative estimate of drug-likeness (QED) is 0.201. The zero-order chi connectivity index (χ0) is 31.2. The van der Waals surface area contributed by atoms with Crippen molar-refractivity contribution < 1.29 is 44.6 Å². The molecule has 14 heteroatoms. The Kier molecular flexibility index (Phi) is 7.84. The molecule has 224 valence electrons. The third-order valence-corrected chi connectivity index (χ3v) is 7.63. The summed E-state index contributed by atoms with van der Waals surface area (Å²) in [5.74, 6) is -5.05. The Morgan fingerprint density at radius 2 is 1.63 bits per heavy atom. The number of nitrogens with zero attached hydrogens (tertiary/aromatic N) is 3. The first-order valence-electron chi connectivity index (χ1n) is 12.5. The van der Waals surface area contributed by atoms with E-state index in [2.05, 4.69) is 14.8 Å². The molecule has 1 N–H and O–H groups in total. The Bertz CT molecular complexity index is 1950. The highest BCUT2D eigenvalue weighted by Gasteiger charge is 2.25. The lowest BCUT2D eigenvalue weighted by Gasteiger charge is -2.14. The Balaban J connectivity index is 1.75. The summed E-state index contributed by atoms with van der Waals surface area (Å²) in [7, 11) is -3.94. The van der Waals surface area contributed by atoms with Gasteiger partial charge in [0.1, 0.15) is 11.5 Å². The SMILES string of the molecule is Cc1ccn(-c2ccc(-c3cc(F)c(CO)c(S(C)(=O)=O)c3)cc2-c2nc(C)oc2-c2cc(F)c(OC(F)F)c(F)c2)n1.